The highest BCUT2D eigenvalue weighted by atomic mass is 14.2. The maximum atomic E-state index is 3.64. The van der Waals surface area contributed by atoms with Gasteiger partial charge in [0.1, 0.15) is 0 Å². The highest BCUT2D eigenvalue weighted by molar-refractivity contribution is 5.57. The van der Waals surface area contributed by atoms with Gasteiger partial charge < -0.3 is 0 Å². The molecule has 78 valence electrons. The first-order chi connectivity index (χ1) is 7.22. The molecule has 0 saturated heterocycles. The molecule has 0 spiro atoms. The smallest absolute Gasteiger partial charge is 0.0131 e. The van der Waals surface area contributed by atoms with Gasteiger partial charge in [0.05, 0.1) is 0 Å². The van der Waals surface area contributed by atoms with Crippen molar-refractivity contribution in [1.82, 2.24) is 0 Å². The lowest BCUT2D eigenvalue weighted by molar-refractivity contribution is 0.500. The molecule has 0 fully saturated rings. The third-order valence-corrected chi connectivity index (χ3v) is 3.45. The summed E-state index contributed by atoms with van der Waals surface area (Å²) in [6.07, 6.45) is 5.79. The van der Waals surface area contributed by atoms with Crippen molar-refractivity contribution in [1.29, 1.82) is 0 Å². The van der Waals surface area contributed by atoms with Crippen molar-refractivity contribution in [3.63, 3.8) is 0 Å². The molecule has 0 saturated carbocycles. The lowest BCUT2D eigenvalue weighted by atomic mass is 9.81. The van der Waals surface area contributed by atoms with E-state index >= 15 is 0 Å². The molecule has 1 aliphatic rings. The molecular formula is C15H18. The third kappa shape index (κ3) is 1.91. The quantitative estimate of drug-likeness (QED) is 0.600. The van der Waals surface area contributed by atoms with Crippen LogP contribution in [0.5, 0.6) is 0 Å². The lowest BCUT2D eigenvalue weighted by Gasteiger charge is -2.23. The number of benzene rings is 1. The molecule has 1 aliphatic carbocycles. The Hall–Kier alpha value is -1.26. The zero-order chi connectivity index (χ0) is 10.8. The van der Waals surface area contributed by atoms with Crippen LogP contribution in [0.2, 0.25) is 0 Å². The summed E-state index contributed by atoms with van der Waals surface area (Å²) in [5.74, 6) is 0.845. The summed E-state index contributed by atoms with van der Waals surface area (Å²) in [6, 6.07) is 4.48. The minimum absolute atomic E-state index is 0.845. The van der Waals surface area contributed by atoms with E-state index in [9.17, 15) is 0 Å². The third-order valence-electron chi connectivity index (χ3n) is 3.45. The van der Waals surface area contributed by atoms with E-state index in [4.69, 9.17) is 0 Å². The van der Waals surface area contributed by atoms with E-state index in [1.165, 1.54) is 30.4 Å². The Kier molecular flexibility index (Phi) is 2.79. The first kappa shape index (κ1) is 10.3. The molecule has 1 unspecified atom stereocenters. The first-order valence-electron chi connectivity index (χ1n) is 5.69. The van der Waals surface area contributed by atoms with Crippen molar-refractivity contribution in [3.05, 3.63) is 46.7 Å². The first-order valence-corrected chi connectivity index (χ1v) is 5.69. The molecule has 0 heterocycles. The molecule has 0 N–H and O–H groups in total. The van der Waals surface area contributed by atoms with E-state index in [0.29, 0.717) is 0 Å². The van der Waals surface area contributed by atoms with Gasteiger partial charge in [-0.15, -0.1) is 5.73 Å². The molecular weight excluding hydrogens is 180 g/mol. The summed E-state index contributed by atoms with van der Waals surface area (Å²) < 4.78 is 0. The van der Waals surface area contributed by atoms with Gasteiger partial charge in [0, 0.05) is 0 Å². The standard InChI is InChI=1S/C15H18/c1-4-5-13-7-8-14-10-11(2)6-9-15(14)12(13)3/h5,7-8,11H,1,6,9-10H2,2-3H3. The maximum absolute atomic E-state index is 3.64. The number of fused-ring (bicyclic) bond motifs is 1. The Bertz CT molecular complexity index is 420. The molecule has 0 aliphatic heterocycles. The van der Waals surface area contributed by atoms with E-state index < -0.39 is 0 Å². The summed E-state index contributed by atoms with van der Waals surface area (Å²) in [6.45, 7) is 8.20. The predicted molar refractivity (Wildman–Crippen MR) is 66.0 cm³/mol. The van der Waals surface area contributed by atoms with Crippen LogP contribution in [0.1, 0.15) is 35.6 Å². The summed E-state index contributed by atoms with van der Waals surface area (Å²) in [7, 11) is 0. The van der Waals surface area contributed by atoms with Crippen molar-refractivity contribution >= 4 is 6.08 Å². The Morgan fingerprint density at radius 2 is 2.27 bits per heavy atom. The predicted octanol–water partition coefficient (Wildman–Crippen LogP) is 3.92. The molecule has 1 aromatic carbocycles. The molecule has 1 aromatic rings. The van der Waals surface area contributed by atoms with Gasteiger partial charge in [-0.1, -0.05) is 25.6 Å². The van der Waals surface area contributed by atoms with Gasteiger partial charge in [0.15, 0.2) is 0 Å². The van der Waals surface area contributed by atoms with Gasteiger partial charge in [-0.2, -0.15) is 0 Å². The monoisotopic (exact) mass is 198 g/mol. The van der Waals surface area contributed by atoms with E-state index in [0.717, 1.165) is 5.92 Å². The normalized spacial score (nSPS) is 19.2. The largest absolute Gasteiger partial charge is 0.128 e. The van der Waals surface area contributed by atoms with Crippen molar-refractivity contribution < 1.29 is 0 Å². The van der Waals surface area contributed by atoms with Crippen LogP contribution in [0, 0.1) is 12.8 Å². The van der Waals surface area contributed by atoms with Gasteiger partial charge in [0.25, 0.3) is 0 Å². The zero-order valence-electron chi connectivity index (χ0n) is 9.64. The minimum Gasteiger partial charge on any atom is -0.128 e. The Morgan fingerprint density at radius 3 is 3.00 bits per heavy atom. The highest BCUT2D eigenvalue weighted by Crippen LogP contribution is 2.29. The summed E-state index contributed by atoms with van der Waals surface area (Å²) in [4.78, 5) is 0. The average Bonchev–Trinajstić information content (AvgIpc) is 2.22. The molecule has 0 aromatic heterocycles. The van der Waals surface area contributed by atoms with Crippen LogP contribution in [-0.4, -0.2) is 0 Å². The van der Waals surface area contributed by atoms with Crippen molar-refractivity contribution in [3.8, 4) is 0 Å². The van der Waals surface area contributed by atoms with Crippen molar-refractivity contribution in [2.45, 2.75) is 33.1 Å². The summed E-state index contributed by atoms with van der Waals surface area (Å²) >= 11 is 0. The number of rotatable bonds is 1. The second-order valence-electron chi connectivity index (χ2n) is 4.61. The van der Waals surface area contributed by atoms with Crippen molar-refractivity contribution in [2.24, 2.45) is 5.92 Å². The molecule has 0 nitrogen and oxygen atoms in total. The van der Waals surface area contributed by atoms with E-state index in [2.05, 4.69) is 38.3 Å². The van der Waals surface area contributed by atoms with Crippen LogP contribution in [0.4, 0.5) is 0 Å². The molecule has 2 rings (SSSR count). The van der Waals surface area contributed by atoms with E-state index in [1.54, 1.807) is 11.1 Å². The Balaban J connectivity index is 2.48. The Labute approximate surface area is 92.3 Å². The van der Waals surface area contributed by atoms with Crippen LogP contribution in [0.15, 0.2) is 24.4 Å². The number of hydrogen-bond donors (Lipinski definition) is 0. The second-order valence-corrected chi connectivity index (χ2v) is 4.61. The highest BCUT2D eigenvalue weighted by Gasteiger charge is 2.17. The number of hydrogen-bond acceptors (Lipinski definition) is 0. The van der Waals surface area contributed by atoms with Crippen LogP contribution < -0.4 is 0 Å². The lowest BCUT2D eigenvalue weighted by Crippen LogP contribution is -2.12. The fraction of sp³-hybridized carbons (Fsp3) is 0.400. The Morgan fingerprint density at radius 1 is 1.47 bits per heavy atom. The molecule has 1 atom stereocenters. The average molecular weight is 198 g/mol. The minimum atomic E-state index is 0.845. The van der Waals surface area contributed by atoms with Crippen LogP contribution in [-0.2, 0) is 12.8 Å². The van der Waals surface area contributed by atoms with Crippen molar-refractivity contribution in [2.75, 3.05) is 0 Å². The van der Waals surface area contributed by atoms with Gasteiger partial charge in [-0.3, -0.25) is 0 Å². The summed E-state index contributed by atoms with van der Waals surface area (Å²) in [5, 5.41) is 0. The van der Waals surface area contributed by atoms with Crippen LogP contribution in [0.3, 0.4) is 0 Å². The van der Waals surface area contributed by atoms with Gasteiger partial charge in [-0.05, 0) is 60.4 Å². The van der Waals surface area contributed by atoms with Crippen LogP contribution in [0.25, 0.3) is 6.08 Å². The molecule has 0 heteroatoms. The maximum Gasteiger partial charge on any atom is -0.0131 e. The molecule has 15 heavy (non-hydrogen) atoms. The zero-order valence-corrected chi connectivity index (χ0v) is 9.64. The summed E-state index contributed by atoms with van der Waals surface area (Å²) in [5.41, 5.74) is 8.68. The van der Waals surface area contributed by atoms with Gasteiger partial charge >= 0.3 is 0 Å². The molecule has 0 bridgehead atoms. The van der Waals surface area contributed by atoms with E-state index in [1.807, 2.05) is 6.08 Å². The second kappa shape index (κ2) is 4.08. The fourth-order valence-electron chi connectivity index (χ4n) is 2.50. The fourth-order valence-corrected chi connectivity index (χ4v) is 2.50. The SMILES string of the molecule is C=C=Cc1ccc2c(c1C)CCC(C)C2. The van der Waals surface area contributed by atoms with Gasteiger partial charge in [-0.25, -0.2) is 0 Å². The topological polar surface area (TPSA) is 0 Å². The van der Waals surface area contributed by atoms with Gasteiger partial charge in [0.2, 0.25) is 0 Å². The molecule has 0 amide bonds. The molecule has 0 radical (unpaired) electrons. The van der Waals surface area contributed by atoms with Crippen LogP contribution >= 0.6 is 0 Å². The van der Waals surface area contributed by atoms with E-state index in [-0.39, 0.29) is 0 Å².